The third kappa shape index (κ3) is 7.91. The van der Waals surface area contributed by atoms with Crippen molar-refractivity contribution >= 4 is 24.8 Å². The molecule has 1 rings (SSSR count). The molecular weight excluding hydrogens is 228 g/mol. The standard InChI is InChI=1S/C14H20NO2.2Li/c1-14(2,3)13(16)15-10-9-11-5-7-12(17-4)8-6-11;;/h5,7-8H,9-10H2,1-4H3,(H,15,16);;/q;;+1/p-1. The third-order valence-corrected chi connectivity index (χ3v) is 2.36. The second-order valence-corrected chi connectivity index (χ2v) is 4.94. The summed E-state index contributed by atoms with van der Waals surface area (Å²) < 4.78 is 5.05. The van der Waals surface area contributed by atoms with Crippen molar-refractivity contribution in [1.82, 2.24) is 0 Å². The van der Waals surface area contributed by atoms with Gasteiger partial charge in [0.15, 0.2) is 0 Å². The average Bonchev–Trinajstić information content (AvgIpc) is 2.28. The fourth-order valence-electron chi connectivity index (χ4n) is 1.24. The van der Waals surface area contributed by atoms with Gasteiger partial charge >= 0.3 is 18.9 Å². The molecule has 2 radical (unpaired) electrons. The van der Waals surface area contributed by atoms with E-state index in [1.165, 1.54) is 0 Å². The Hall–Kier alpha value is -0.115. The number of methoxy groups -OCH3 is 1. The van der Waals surface area contributed by atoms with E-state index in [4.69, 9.17) is 4.74 Å². The molecule has 3 nitrogen and oxygen atoms in total. The molecule has 0 saturated carbocycles. The van der Waals surface area contributed by atoms with Crippen LogP contribution in [-0.4, -0.2) is 38.4 Å². The molecule has 94 valence electrons. The average molecular weight is 247 g/mol. The largest absolute Gasteiger partial charge is 1.00 e. The first-order valence-electron chi connectivity index (χ1n) is 5.70. The van der Waals surface area contributed by atoms with Gasteiger partial charge in [0.25, 0.3) is 0 Å². The molecule has 19 heavy (non-hydrogen) atoms. The first kappa shape index (κ1) is 21.2. The van der Waals surface area contributed by atoms with Crippen LogP contribution in [-0.2, 0) is 4.74 Å². The summed E-state index contributed by atoms with van der Waals surface area (Å²) in [5.74, 6) is -0.0500. The second-order valence-electron chi connectivity index (χ2n) is 4.94. The number of aliphatic imine (C=N–C) groups is 1. The van der Waals surface area contributed by atoms with Crippen LogP contribution in [0, 0.1) is 11.5 Å². The van der Waals surface area contributed by atoms with E-state index in [0.717, 1.165) is 18.1 Å². The molecule has 1 aliphatic carbocycles. The van der Waals surface area contributed by atoms with E-state index < -0.39 is 0 Å². The Morgan fingerprint density at radius 1 is 1.37 bits per heavy atom. The molecule has 0 N–H and O–H groups in total. The smallest absolute Gasteiger partial charge is 0.862 e. The minimum Gasteiger partial charge on any atom is -0.862 e. The molecule has 0 aromatic rings. The van der Waals surface area contributed by atoms with E-state index in [1.807, 2.05) is 32.9 Å². The van der Waals surface area contributed by atoms with Crippen molar-refractivity contribution in [3.8, 4) is 0 Å². The molecule has 0 aliphatic heterocycles. The molecule has 0 heterocycles. The summed E-state index contributed by atoms with van der Waals surface area (Å²) >= 11 is 0. The molecule has 0 spiro atoms. The number of ether oxygens (including phenoxy) is 1. The van der Waals surface area contributed by atoms with Crippen molar-refractivity contribution < 1.29 is 28.7 Å². The summed E-state index contributed by atoms with van der Waals surface area (Å²) in [6.07, 6.45) is 7.14. The van der Waals surface area contributed by atoms with E-state index >= 15 is 0 Å². The van der Waals surface area contributed by atoms with Gasteiger partial charge in [0.1, 0.15) is 6.10 Å². The maximum absolute atomic E-state index is 11.6. The molecule has 0 aromatic heterocycles. The molecular formula is C14H19Li2NO2. The molecule has 5 heteroatoms. The van der Waals surface area contributed by atoms with Gasteiger partial charge in [-0.2, -0.15) is 0 Å². The van der Waals surface area contributed by atoms with Crippen LogP contribution in [0.5, 0.6) is 0 Å². The summed E-state index contributed by atoms with van der Waals surface area (Å²) in [6, 6.07) is 0. The minimum absolute atomic E-state index is 0. The molecule has 0 amide bonds. The fourth-order valence-corrected chi connectivity index (χ4v) is 1.24. The van der Waals surface area contributed by atoms with Gasteiger partial charge in [-0.15, -0.1) is 5.73 Å². The molecule has 0 bridgehead atoms. The third-order valence-electron chi connectivity index (χ3n) is 2.36. The first-order valence-corrected chi connectivity index (χ1v) is 5.70. The van der Waals surface area contributed by atoms with Crippen LogP contribution in [0.3, 0.4) is 0 Å². The zero-order valence-corrected chi connectivity index (χ0v) is 12.9. The van der Waals surface area contributed by atoms with Crippen LogP contribution < -0.4 is 24.0 Å². The van der Waals surface area contributed by atoms with Crippen molar-refractivity contribution in [2.75, 3.05) is 13.7 Å². The van der Waals surface area contributed by atoms with Crippen LogP contribution in [0.1, 0.15) is 27.2 Å². The molecule has 0 atom stereocenters. The second kappa shape index (κ2) is 9.74. The Morgan fingerprint density at radius 2 is 2.00 bits per heavy atom. The zero-order valence-electron chi connectivity index (χ0n) is 12.9. The number of nitrogens with zero attached hydrogens (tertiary/aromatic N) is 1. The van der Waals surface area contributed by atoms with E-state index in [2.05, 4.69) is 10.7 Å². The first-order chi connectivity index (χ1) is 7.93. The Morgan fingerprint density at radius 3 is 2.42 bits per heavy atom. The number of hydrogen-bond donors (Lipinski definition) is 0. The Labute approximate surface area is 140 Å². The number of allylic oxidation sites excluding steroid dienone is 1. The summed E-state index contributed by atoms with van der Waals surface area (Å²) in [4.78, 5) is 4.04. The molecule has 1 aliphatic rings. The van der Waals surface area contributed by atoms with E-state index in [0.29, 0.717) is 6.54 Å². The number of rotatable bonds is 4. The van der Waals surface area contributed by atoms with Gasteiger partial charge in [0.2, 0.25) is 0 Å². The molecule has 0 saturated heterocycles. The quantitative estimate of drug-likeness (QED) is 0.266. The van der Waals surface area contributed by atoms with E-state index in [-0.39, 0.29) is 49.0 Å². The summed E-state index contributed by atoms with van der Waals surface area (Å²) in [5.41, 5.74) is 3.76. The van der Waals surface area contributed by atoms with Gasteiger partial charge in [-0.25, -0.2) is 0 Å². The number of hydrogen-bond acceptors (Lipinski definition) is 3. The van der Waals surface area contributed by atoms with Crippen LogP contribution in [0.25, 0.3) is 0 Å². The van der Waals surface area contributed by atoms with Crippen LogP contribution >= 0.6 is 0 Å². The topological polar surface area (TPSA) is 44.6 Å². The Bertz CT molecular complexity index is 389. The SMILES string of the molecule is CO[C]1C=C=C(CCN=C([O-])C(C)(C)C)C=C1.[Li+].[Li]. The minimum atomic E-state index is -0.385. The van der Waals surface area contributed by atoms with Gasteiger partial charge < -0.3 is 14.8 Å². The van der Waals surface area contributed by atoms with Crippen LogP contribution in [0.4, 0.5) is 0 Å². The Kier molecular flexibility index (Phi) is 10.9. The zero-order chi connectivity index (χ0) is 12.9. The van der Waals surface area contributed by atoms with E-state index in [9.17, 15) is 5.11 Å². The van der Waals surface area contributed by atoms with Crippen molar-refractivity contribution in [2.24, 2.45) is 10.4 Å². The predicted octanol–water partition coefficient (Wildman–Crippen LogP) is -1.37. The normalized spacial score (nSPS) is 15.6. The maximum atomic E-state index is 11.6. The summed E-state index contributed by atoms with van der Waals surface area (Å²) in [6.45, 7) is 6.13. The van der Waals surface area contributed by atoms with Crippen molar-refractivity contribution in [1.29, 1.82) is 0 Å². The van der Waals surface area contributed by atoms with Gasteiger partial charge in [0.05, 0.1) is 0 Å². The van der Waals surface area contributed by atoms with E-state index in [1.54, 1.807) is 13.2 Å². The monoisotopic (exact) mass is 247 g/mol. The summed E-state index contributed by atoms with van der Waals surface area (Å²) in [5, 5.41) is 11.6. The van der Waals surface area contributed by atoms with Crippen molar-refractivity contribution in [2.45, 2.75) is 27.2 Å². The van der Waals surface area contributed by atoms with Crippen molar-refractivity contribution in [3.05, 3.63) is 35.6 Å². The molecule has 0 fully saturated rings. The van der Waals surface area contributed by atoms with Crippen LogP contribution in [0.15, 0.2) is 34.5 Å². The van der Waals surface area contributed by atoms with Crippen molar-refractivity contribution in [3.63, 3.8) is 0 Å². The van der Waals surface area contributed by atoms with Gasteiger partial charge in [-0.1, -0.05) is 26.8 Å². The predicted molar refractivity (Wildman–Crippen MR) is 73.1 cm³/mol. The fraction of sp³-hybridized carbons (Fsp3) is 0.500. The van der Waals surface area contributed by atoms with Gasteiger partial charge in [-0.05, 0) is 35.5 Å². The maximum Gasteiger partial charge on any atom is 1.00 e. The molecule has 0 unspecified atom stereocenters. The van der Waals surface area contributed by atoms with Crippen LogP contribution in [0.2, 0.25) is 0 Å². The van der Waals surface area contributed by atoms with Gasteiger partial charge in [-0.3, -0.25) is 0 Å². The van der Waals surface area contributed by atoms with Gasteiger partial charge in [0, 0.05) is 32.5 Å². The Balaban J connectivity index is 0. The summed E-state index contributed by atoms with van der Waals surface area (Å²) in [7, 11) is 1.63. The molecule has 0 aromatic carbocycles.